The maximum absolute atomic E-state index is 11.7. The first kappa shape index (κ1) is 14.1. The van der Waals surface area contributed by atoms with Crippen LogP contribution in [-0.4, -0.2) is 37.3 Å². The van der Waals surface area contributed by atoms with Gasteiger partial charge in [0.05, 0.1) is 6.61 Å². The summed E-state index contributed by atoms with van der Waals surface area (Å²) >= 11 is 0. The maximum Gasteiger partial charge on any atom is 0.239 e. The summed E-state index contributed by atoms with van der Waals surface area (Å²) in [5, 5.41) is 6.25. The molecule has 0 atom stereocenters. The molecule has 0 spiro atoms. The van der Waals surface area contributed by atoms with E-state index in [0.717, 1.165) is 25.6 Å². The van der Waals surface area contributed by atoms with E-state index in [2.05, 4.69) is 10.6 Å². The minimum Gasteiger partial charge on any atom is -0.383 e. The summed E-state index contributed by atoms with van der Waals surface area (Å²) in [5.41, 5.74) is 1.19. The fourth-order valence-electron chi connectivity index (χ4n) is 1.90. The van der Waals surface area contributed by atoms with Crippen molar-refractivity contribution in [2.75, 3.05) is 26.8 Å². The normalized spacial score (nSPS) is 14.6. The van der Waals surface area contributed by atoms with E-state index < -0.39 is 0 Å². The monoisotopic (exact) mass is 265 g/mol. The Bertz CT molecular complexity index is 399. The van der Waals surface area contributed by atoms with E-state index in [4.69, 9.17) is 4.74 Å². The number of rotatable bonds is 9. The second kappa shape index (κ2) is 7.31. The minimum atomic E-state index is 0.0985. The molecular formula is C14H23N3O2. The molecule has 0 bridgehead atoms. The average molecular weight is 265 g/mol. The standard InChI is InChI=1S/C14H23N3O2/c1-19-7-5-15-8-13-4-6-17(10-13)11-14(18)16-9-12-2-3-12/h4,6,10,12,15H,2-3,5,7-9,11H2,1H3,(H,16,18). The quantitative estimate of drug-likeness (QED) is 0.648. The molecule has 1 aliphatic carbocycles. The van der Waals surface area contributed by atoms with Gasteiger partial charge in [-0.15, -0.1) is 0 Å². The van der Waals surface area contributed by atoms with Crippen molar-refractivity contribution in [1.29, 1.82) is 0 Å². The molecular weight excluding hydrogens is 242 g/mol. The van der Waals surface area contributed by atoms with Crippen molar-refractivity contribution in [3.05, 3.63) is 24.0 Å². The Labute approximate surface area is 114 Å². The molecule has 1 fully saturated rings. The molecule has 0 aliphatic heterocycles. The van der Waals surface area contributed by atoms with Gasteiger partial charge in [-0.3, -0.25) is 4.79 Å². The zero-order valence-corrected chi connectivity index (χ0v) is 11.5. The van der Waals surface area contributed by atoms with Gasteiger partial charge in [0.15, 0.2) is 0 Å². The number of ether oxygens (including phenoxy) is 1. The van der Waals surface area contributed by atoms with Crippen LogP contribution >= 0.6 is 0 Å². The molecule has 5 heteroatoms. The van der Waals surface area contributed by atoms with Crippen molar-refractivity contribution in [3.63, 3.8) is 0 Å². The number of hydrogen-bond acceptors (Lipinski definition) is 3. The van der Waals surface area contributed by atoms with Crippen molar-refractivity contribution in [3.8, 4) is 0 Å². The van der Waals surface area contributed by atoms with Crippen LogP contribution in [0.1, 0.15) is 18.4 Å². The predicted molar refractivity (Wildman–Crippen MR) is 73.7 cm³/mol. The van der Waals surface area contributed by atoms with E-state index >= 15 is 0 Å². The average Bonchev–Trinajstić information content (AvgIpc) is 3.13. The van der Waals surface area contributed by atoms with Gasteiger partial charge in [0.2, 0.25) is 5.91 Å². The second-order valence-corrected chi connectivity index (χ2v) is 5.11. The number of nitrogens with one attached hydrogen (secondary N) is 2. The smallest absolute Gasteiger partial charge is 0.239 e. The van der Waals surface area contributed by atoms with Gasteiger partial charge in [-0.1, -0.05) is 0 Å². The highest BCUT2D eigenvalue weighted by Gasteiger charge is 2.21. The number of hydrogen-bond donors (Lipinski definition) is 2. The molecule has 2 N–H and O–H groups in total. The molecule has 2 rings (SSSR count). The van der Waals surface area contributed by atoms with Crippen LogP contribution in [0, 0.1) is 5.92 Å². The Morgan fingerprint density at radius 1 is 1.53 bits per heavy atom. The Hall–Kier alpha value is -1.33. The summed E-state index contributed by atoms with van der Waals surface area (Å²) in [6.07, 6.45) is 6.49. The lowest BCUT2D eigenvalue weighted by Gasteiger charge is -2.05. The van der Waals surface area contributed by atoms with Crippen LogP contribution in [0.3, 0.4) is 0 Å². The molecule has 106 valence electrons. The lowest BCUT2D eigenvalue weighted by molar-refractivity contribution is -0.121. The number of carbonyl (C=O) groups is 1. The van der Waals surface area contributed by atoms with Crippen LogP contribution in [0.4, 0.5) is 0 Å². The van der Waals surface area contributed by atoms with Crippen molar-refractivity contribution in [1.82, 2.24) is 15.2 Å². The molecule has 1 aromatic heterocycles. The third-order valence-corrected chi connectivity index (χ3v) is 3.23. The molecule has 1 saturated carbocycles. The van der Waals surface area contributed by atoms with Crippen LogP contribution < -0.4 is 10.6 Å². The first-order valence-corrected chi connectivity index (χ1v) is 6.89. The molecule has 1 aromatic rings. The highest BCUT2D eigenvalue weighted by molar-refractivity contribution is 5.75. The topological polar surface area (TPSA) is 55.3 Å². The van der Waals surface area contributed by atoms with Gasteiger partial charge in [-0.25, -0.2) is 0 Å². The van der Waals surface area contributed by atoms with E-state index in [9.17, 15) is 4.79 Å². The van der Waals surface area contributed by atoms with E-state index in [0.29, 0.717) is 13.2 Å². The Balaban J connectivity index is 1.65. The highest BCUT2D eigenvalue weighted by atomic mass is 16.5. The third-order valence-electron chi connectivity index (χ3n) is 3.23. The summed E-state index contributed by atoms with van der Waals surface area (Å²) in [5.74, 6) is 0.829. The van der Waals surface area contributed by atoms with Gasteiger partial charge < -0.3 is 19.9 Å². The first-order chi connectivity index (χ1) is 9.28. The summed E-state index contributed by atoms with van der Waals surface area (Å²) in [7, 11) is 1.69. The number of methoxy groups -OCH3 is 1. The van der Waals surface area contributed by atoms with Gasteiger partial charge in [-0.05, 0) is 30.4 Å². The van der Waals surface area contributed by atoms with Gasteiger partial charge in [-0.2, -0.15) is 0 Å². The molecule has 1 heterocycles. The van der Waals surface area contributed by atoms with E-state index in [-0.39, 0.29) is 5.91 Å². The summed E-state index contributed by atoms with van der Waals surface area (Å²) in [6.45, 7) is 3.60. The van der Waals surface area contributed by atoms with Crippen molar-refractivity contribution >= 4 is 5.91 Å². The second-order valence-electron chi connectivity index (χ2n) is 5.11. The summed E-state index contributed by atoms with van der Waals surface area (Å²) < 4.78 is 6.89. The largest absolute Gasteiger partial charge is 0.383 e. The number of aromatic nitrogens is 1. The molecule has 0 saturated heterocycles. The summed E-state index contributed by atoms with van der Waals surface area (Å²) in [4.78, 5) is 11.7. The number of carbonyl (C=O) groups excluding carboxylic acids is 1. The molecule has 1 aliphatic rings. The van der Waals surface area contributed by atoms with Crippen LogP contribution in [0.5, 0.6) is 0 Å². The summed E-state index contributed by atoms with van der Waals surface area (Å²) in [6, 6.07) is 2.04. The van der Waals surface area contributed by atoms with Crippen molar-refractivity contribution < 1.29 is 9.53 Å². The Morgan fingerprint density at radius 2 is 2.37 bits per heavy atom. The van der Waals surface area contributed by atoms with Gasteiger partial charge in [0.25, 0.3) is 0 Å². The predicted octanol–water partition coefficient (Wildman–Crippen LogP) is 0.750. The highest BCUT2D eigenvalue weighted by Crippen LogP contribution is 2.27. The van der Waals surface area contributed by atoms with Crippen LogP contribution in [0.2, 0.25) is 0 Å². The van der Waals surface area contributed by atoms with Crippen LogP contribution in [-0.2, 0) is 22.6 Å². The van der Waals surface area contributed by atoms with E-state index in [1.165, 1.54) is 18.4 Å². The third kappa shape index (κ3) is 5.44. The first-order valence-electron chi connectivity index (χ1n) is 6.89. The lowest BCUT2D eigenvalue weighted by atomic mass is 10.3. The fourth-order valence-corrected chi connectivity index (χ4v) is 1.90. The van der Waals surface area contributed by atoms with E-state index in [1.807, 2.05) is 23.0 Å². The fraction of sp³-hybridized carbons (Fsp3) is 0.643. The van der Waals surface area contributed by atoms with Crippen molar-refractivity contribution in [2.45, 2.75) is 25.9 Å². The van der Waals surface area contributed by atoms with Gasteiger partial charge >= 0.3 is 0 Å². The zero-order chi connectivity index (χ0) is 13.5. The van der Waals surface area contributed by atoms with Crippen LogP contribution in [0.25, 0.3) is 0 Å². The van der Waals surface area contributed by atoms with E-state index in [1.54, 1.807) is 7.11 Å². The molecule has 0 radical (unpaired) electrons. The molecule has 5 nitrogen and oxygen atoms in total. The SMILES string of the molecule is COCCNCc1ccn(CC(=O)NCC2CC2)c1. The molecule has 0 aromatic carbocycles. The Kier molecular flexibility index (Phi) is 5.42. The maximum atomic E-state index is 11.7. The number of nitrogens with zero attached hydrogens (tertiary/aromatic N) is 1. The van der Waals surface area contributed by atoms with Gasteiger partial charge in [0, 0.05) is 39.1 Å². The van der Waals surface area contributed by atoms with Crippen molar-refractivity contribution in [2.24, 2.45) is 5.92 Å². The minimum absolute atomic E-state index is 0.0985. The zero-order valence-electron chi connectivity index (χ0n) is 11.5. The molecule has 0 unspecified atom stereocenters. The Morgan fingerprint density at radius 3 is 3.11 bits per heavy atom. The number of amides is 1. The van der Waals surface area contributed by atoms with Gasteiger partial charge in [0.1, 0.15) is 6.54 Å². The molecule has 1 amide bonds. The van der Waals surface area contributed by atoms with Crippen LogP contribution in [0.15, 0.2) is 18.5 Å². The molecule has 19 heavy (non-hydrogen) atoms. The lowest BCUT2D eigenvalue weighted by Crippen LogP contribution is -2.28.